The summed E-state index contributed by atoms with van der Waals surface area (Å²) in [4.78, 5) is 13.8. The summed E-state index contributed by atoms with van der Waals surface area (Å²) >= 11 is 0. The molecule has 0 amide bonds. The number of hydrogen-bond acceptors (Lipinski definition) is 5. The molecule has 0 aliphatic carbocycles. The Morgan fingerprint density at radius 3 is 2.81 bits per heavy atom. The van der Waals surface area contributed by atoms with Crippen molar-refractivity contribution in [3.63, 3.8) is 0 Å². The average molecular weight is 291 g/mol. The van der Waals surface area contributed by atoms with Crippen molar-refractivity contribution in [2.45, 2.75) is 13.5 Å². The topological polar surface area (TPSA) is 77.3 Å². The van der Waals surface area contributed by atoms with Crippen molar-refractivity contribution in [1.29, 1.82) is 0 Å². The van der Waals surface area contributed by atoms with Crippen LogP contribution in [0.3, 0.4) is 0 Å². The summed E-state index contributed by atoms with van der Waals surface area (Å²) in [6, 6.07) is 5.17. The van der Waals surface area contributed by atoms with Crippen molar-refractivity contribution in [2.75, 3.05) is 6.54 Å². The third-order valence-electron chi connectivity index (χ3n) is 2.70. The summed E-state index contributed by atoms with van der Waals surface area (Å²) in [7, 11) is 0. The summed E-state index contributed by atoms with van der Waals surface area (Å²) in [6.07, 6.45) is 3.20. The van der Waals surface area contributed by atoms with Crippen molar-refractivity contribution < 1.29 is 14.1 Å². The third-order valence-corrected chi connectivity index (χ3v) is 2.70. The molecule has 0 aliphatic rings. The van der Waals surface area contributed by atoms with Gasteiger partial charge in [-0.15, -0.1) is 0 Å². The summed E-state index contributed by atoms with van der Waals surface area (Å²) in [5.74, 6) is -0.312. The van der Waals surface area contributed by atoms with Crippen LogP contribution in [0.4, 0.5) is 10.1 Å². The molecule has 0 unspecified atom stereocenters. The molecular formula is C14H14FN3O3. The van der Waals surface area contributed by atoms with Gasteiger partial charge >= 0.3 is 5.69 Å². The number of halogens is 1. The Hall–Kier alpha value is -2.54. The highest BCUT2D eigenvalue weighted by molar-refractivity contribution is 5.40. The molecule has 6 nitrogen and oxygen atoms in total. The van der Waals surface area contributed by atoms with Gasteiger partial charge in [0.05, 0.1) is 11.1 Å². The molecule has 2 aromatic rings. The fourth-order valence-electron chi connectivity index (χ4n) is 1.72. The molecule has 0 saturated heterocycles. The Labute approximate surface area is 120 Å². The number of aromatic nitrogens is 1. The van der Waals surface area contributed by atoms with Gasteiger partial charge in [-0.3, -0.25) is 15.1 Å². The minimum Gasteiger partial charge on any atom is -0.456 e. The number of hydrogen-bond donors (Lipinski definition) is 1. The second-order valence-corrected chi connectivity index (χ2v) is 4.28. The van der Waals surface area contributed by atoms with E-state index < -0.39 is 16.4 Å². The molecular weight excluding hydrogens is 277 g/mol. The van der Waals surface area contributed by atoms with E-state index in [1.54, 1.807) is 12.3 Å². The van der Waals surface area contributed by atoms with E-state index in [9.17, 15) is 14.5 Å². The lowest BCUT2D eigenvalue weighted by Crippen LogP contribution is -2.11. The van der Waals surface area contributed by atoms with E-state index in [0.29, 0.717) is 12.3 Å². The maximum Gasteiger partial charge on any atom is 0.305 e. The predicted molar refractivity (Wildman–Crippen MR) is 74.7 cm³/mol. The molecule has 0 fully saturated rings. The molecule has 0 radical (unpaired) electrons. The zero-order valence-corrected chi connectivity index (χ0v) is 11.4. The first kappa shape index (κ1) is 14.9. The smallest absolute Gasteiger partial charge is 0.305 e. The van der Waals surface area contributed by atoms with E-state index >= 15 is 0 Å². The number of ether oxygens (including phenoxy) is 1. The van der Waals surface area contributed by atoms with Crippen LogP contribution in [0.15, 0.2) is 36.7 Å². The van der Waals surface area contributed by atoms with Crippen molar-refractivity contribution >= 4 is 5.69 Å². The molecule has 0 bridgehead atoms. The van der Waals surface area contributed by atoms with E-state index in [1.165, 1.54) is 12.3 Å². The second kappa shape index (κ2) is 6.76. The van der Waals surface area contributed by atoms with Crippen molar-refractivity contribution in [3.05, 3.63) is 58.2 Å². The molecule has 0 saturated carbocycles. The summed E-state index contributed by atoms with van der Waals surface area (Å²) in [5, 5.41) is 13.7. The number of nitrogens with one attached hydrogen (secondary N) is 1. The van der Waals surface area contributed by atoms with Crippen LogP contribution in [0.1, 0.15) is 12.5 Å². The summed E-state index contributed by atoms with van der Waals surface area (Å²) in [5.41, 5.74) is 0.345. The van der Waals surface area contributed by atoms with Gasteiger partial charge in [-0.1, -0.05) is 6.92 Å². The van der Waals surface area contributed by atoms with Crippen LogP contribution in [0.5, 0.6) is 11.5 Å². The average Bonchev–Trinajstić information content (AvgIpc) is 2.45. The lowest BCUT2D eigenvalue weighted by molar-refractivity contribution is -0.387. The Morgan fingerprint density at radius 2 is 2.14 bits per heavy atom. The minimum atomic E-state index is -0.936. The van der Waals surface area contributed by atoms with Crippen LogP contribution in [0, 0.1) is 15.9 Å². The first-order valence-corrected chi connectivity index (χ1v) is 6.36. The Morgan fingerprint density at radius 1 is 1.33 bits per heavy atom. The molecule has 1 N–H and O–H groups in total. The molecule has 0 atom stereocenters. The van der Waals surface area contributed by atoms with Crippen LogP contribution >= 0.6 is 0 Å². The molecule has 110 valence electrons. The number of rotatable bonds is 6. The molecule has 1 aromatic carbocycles. The van der Waals surface area contributed by atoms with Crippen LogP contribution in [-0.2, 0) is 6.54 Å². The van der Waals surface area contributed by atoms with Gasteiger partial charge in [-0.2, -0.15) is 4.39 Å². The van der Waals surface area contributed by atoms with Gasteiger partial charge in [0.15, 0.2) is 0 Å². The van der Waals surface area contributed by atoms with Gasteiger partial charge in [-0.25, -0.2) is 0 Å². The number of nitro benzene ring substituents is 1. The van der Waals surface area contributed by atoms with E-state index in [-0.39, 0.29) is 5.75 Å². The van der Waals surface area contributed by atoms with Gasteiger partial charge in [0.2, 0.25) is 5.82 Å². The van der Waals surface area contributed by atoms with Crippen LogP contribution in [-0.4, -0.2) is 16.5 Å². The SMILES string of the molecule is CCNCc1cncc(Oc2ccc([N+](=O)[O-])c(F)c2)c1. The maximum atomic E-state index is 13.5. The quantitative estimate of drug-likeness (QED) is 0.654. The van der Waals surface area contributed by atoms with Gasteiger partial charge in [0, 0.05) is 24.9 Å². The lowest BCUT2D eigenvalue weighted by atomic mass is 10.2. The number of nitrogens with zero attached hydrogens (tertiary/aromatic N) is 2. The highest BCUT2D eigenvalue weighted by atomic mass is 19.1. The first-order chi connectivity index (χ1) is 10.1. The Bertz CT molecular complexity index is 649. The number of nitro groups is 1. The largest absolute Gasteiger partial charge is 0.456 e. The number of pyridine rings is 1. The highest BCUT2D eigenvalue weighted by Crippen LogP contribution is 2.26. The van der Waals surface area contributed by atoms with E-state index in [0.717, 1.165) is 24.2 Å². The second-order valence-electron chi connectivity index (χ2n) is 4.28. The van der Waals surface area contributed by atoms with Crippen molar-refractivity contribution in [1.82, 2.24) is 10.3 Å². The summed E-state index contributed by atoms with van der Waals surface area (Å²) in [6.45, 7) is 3.47. The van der Waals surface area contributed by atoms with Crippen LogP contribution in [0.25, 0.3) is 0 Å². The van der Waals surface area contributed by atoms with Gasteiger partial charge in [0.25, 0.3) is 0 Å². The normalized spacial score (nSPS) is 10.4. The highest BCUT2D eigenvalue weighted by Gasteiger charge is 2.14. The molecule has 0 aliphatic heterocycles. The van der Waals surface area contributed by atoms with Gasteiger partial charge in [-0.05, 0) is 24.2 Å². The lowest BCUT2D eigenvalue weighted by Gasteiger charge is -2.07. The number of benzene rings is 1. The zero-order chi connectivity index (χ0) is 15.2. The molecule has 1 aromatic heterocycles. The zero-order valence-electron chi connectivity index (χ0n) is 11.4. The Kier molecular flexibility index (Phi) is 4.78. The third kappa shape index (κ3) is 3.96. The van der Waals surface area contributed by atoms with E-state index in [4.69, 9.17) is 4.74 Å². The molecule has 21 heavy (non-hydrogen) atoms. The molecule has 2 rings (SSSR count). The van der Waals surface area contributed by atoms with E-state index in [1.807, 2.05) is 6.92 Å². The van der Waals surface area contributed by atoms with Crippen LogP contribution in [0.2, 0.25) is 0 Å². The molecule has 1 heterocycles. The van der Waals surface area contributed by atoms with Gasteiger partial charge in [0.1, 0.15) is 11.5 Å². The Balaban J connectivity index is 2.14. The molecule has 7 heteroatoms. The van der Waals surface area contributed by atoms with E-state index in [2.05, 4.69) is 10.3 Å². The monoisotopic (exact) mass is 291 g/mol. The first-order valence-electron chi connectivity index (χ1n) is 6.36. The fraction of sp³-hybridized carbons (Fsp3) is 0.214. The predicted octanol–water partition coefficient (Wildman–Crippen LogP) is 3.03. The van der Waals surface area contributed by atoms with Gasteiger partial charge < -0.3 is 10.1 Å². The maximum absolute atomic E-state index is 13.5. The minimum absolute atomic E-state index is 0.181. The van der Waals surface area contributed by atoms with Crippen molar-refractivity contribution in [3.8, 4) is 11.5 Å². The fourth-order valence-corrected chi connectivity index (χ4v) is 1.72. The summed E-state index contributed by atoms with van der Waals surface area (Å²) < 4.78 is 19.0. The standard InChI is InChI=1S/C14H14FN3O3/c1-2-16-7-10-5-12(9-17-8-10)21-11-3-4-14(18(19)20)13(15)6-11/h3-6,8-9,16H,2,7H2,1H3. The molecule has 0 spiro atoms. The van der Waals surface area contributed by atoms with Crippen molar-refractivity contribution in [2.24, 2.45) is 0 Å². The van der Waals surface area contributed by atoms with Crippen LogP contribution < -0.4 is 10.1 Å².